The Bertz CT molecular complexity index is 2190. The first-order valence-corrected chi connectivity index (χ1v) is 45.1. The number of hydrogen-bond acceptors (Lipinski definition) is 19. The first-order valence-electron chi connectivity index (χ1n) is 45.1. The van der Waals surface area contributed by atoms with E-state index in [-0.39, 0.29) is 0 Å². The second-order valence-electron chi connectivity index (χ2n) is 31.5. The van der Waals surface area contributed by atoms with Crippen LogP contribution >= 0.6 is 0 Å². The average Bonchev–Trinajstić information content (AvgIpc) is 0.812. The van der Waals surface area contributed by atoms with E-state index in [2.05, 4.69) is 105 Å². The maximum atomic E-state index is 5.57. The summed E-state index contributed by atoms with van der Waals surface area (Å²) in [6.07, 6.45) is 61.2. The first kappa shape index (κ1) is 88.1. The summed E-state index contributed by atoms with van der Waals surface area (Å²) in [6, 6.07) is 0. The van der Waals surface area contributed by atoms with Crippen LogP contribution in [0.3, 0.4) is 0 Å². The minimum absolute atomic E-state index is 0.764. The van der Waals surface area contributed by atoms with Crippen molar-refractivity contribution in [1.82, 2.24) is 50.2 Å². The summed E-state index contributed by atoms with van der Waals surface area (Å²) in [5, 5.41) is 3.59. The summed E-state index contributed by atoms with van der Waals surface area (Å²) in [6.45, 7) is 36.2. The molecule has 0 atom stereocenters. The van der Waals surface area contributed by atoms with Crippen molar-refractivity contribution in [3.63, 3.8) is 0 Å². The summed E-state index contributed by atoms with van der Waals surface area (Å²) in [5.74, 6) is 7.52. The fourth-order valence-electron chi connectivity index (χ4n) is 15.3. The Hall–Kier alpha value is -4.81. The van der Waals surface area contributed by atoms with Gasteiger partial charge in [0.25, 0.3) is 0 Å². The van der Waals surface area contributed by atoms with E-state index in [4.69, 9.17) is 44.9 Å². The highest BCUT2D eigenvalue weighted by atomic mass is 15.5. The van der Waals surface area contributed by atoms with Gasteiger partial charge < -0.3 is 49.4 Å². The second kappa shape index (κ2) is 57.3. The Kier molecular flexibility index (Phi) is 48.6. The maximum Gasteiger partial charge on any atom is 0.232 e. The normalized spacial score (nSPS) is 14.4. The van der Waals surface area contributed by atoms with Crippen molar-refractivity contribution in [3.05, 3.63) is 0 Å². The van der Waals surface area contributed by atoms with Crippen molar-refractivity contribution >= 4 is 53.5 Å². The minimum Gasteiger partial charge on any atom is -0.341 e. The van der Waals surface area contributed by atoms with Gasteiger partial charge in [0, 0.05) is 131 Å². The molecule has 3 fully saturated rings. The molecule has 3 aliphatic rings. The van der Waals surface area contributed by atoms with Gasteiger partial charge in [-0.1, -0.05) is 312 Å². The molecule has 0 aromatic carbocycles. The van der Waals surface area contributed by atoms with Gasteiger partial charge in [0.2, 0.25) is 53.5 Å². The fourth-order valence-corrected chi connectivity index (χ4v) is 15.3. The van der Waals surface area contributed by atoms with Crippen LogP contribution in [0.15, 0.2) is 0 Å². The standard InChI is InChI=1S/C85H161N19/c1-9-17-25-33-41-49-59-96(60-50-42-34-26-18-10-2)77-87-78(97(61-51-43-35-27-19-11-3)62-52-44-36-28-20-12-4)90-82(89-77)101-69-73-103(74-70-101)84-93-81(100-67-57-86-58-68-100)94-85(95-84)104-75-71-102(72-76-104)83-91-79(98(63-53-45-37-29-21-13-5)64-54-46-38-30-22-14-6)88-80(92-83)99(65-55-47-39-31-23-15-7)66-56-48-40-32-24-16-8/h86H,9-76H2,1-8H3. The van der Waals surface area contributed by atoms with Crippen molar-refractivity contribution in [2.75, 3.05) is 175 Å². The fraction of sp³-hybridized carbons (Fsp3) is 0.894. The molecule has 1 N–H and O–H groups in total. The zero-order valence-corrected chi connectivity index (χ0v) is 69.1. The molecule has 0 aliphatic carbocycles. The monoisotopic (exact) mass is 1450 g/mol. The van der Waals surface area contributed by atoms with Gasteiger partial charge in [0.15, 0.2) is 0 Å². The first-order chi connectivity index (χ1) is 51.4. The molecule has 3 saturated heterocycles. The zero-order valence-electron chi connectivity index (χ0n) is 69.1. The number of nitrogens with one attached hydrogen (secondary N) is 1. The molecule has 0 bridgehead atoms. The van der Waals surface area contributed by atoms with Gasteiger partial charge in [-0.05, 0) is 51.4 Å². The molecule has 0 unspecified atom stereocenters. The van der Waals surface area contributed by atoms with Gasteiger partial charge in [-0.15, -0.1) is 0 Å². The Morgan fingerprint density at radius 2 is 0.346 bits per heavy atom. The SMILES string of the molecule is CCCCCCCCN(CCCCCCCC)c1nc(N(CCCCCCCC)CCCCCCCC)nc(N2CCN(c3nc(N4CCNCC4)nc(N4CCN(c5nc(N(CCCCCCCC)CCCCCCCC)nc(N(CCCCCCCC)CCCCCCCC)n5)CC4)n3)CC2)n1. The third-order valence-corrected chi connectivity index (χ3v) is 22.3. The van der Waals surface area contributed by atoms with Crippen molar-refractivity contribution in [1.29, 1.82) is 0 Å². The number of aromatic nitrogens is 9. The second-order valence-corrected chi connectivity index (χ2v) is 31.5. The lowest BCUT2D eigenvalue weighted by Crippen LogP contribution is -2.50. The summed E-state index contributed by atoms with van der Waals surface area (Å²) in [4.78, 5) is 72.0. The van der Waals surface area contributed by atoms with E-state index in [1.54, 1.807) is 0 Å². The van der Waals surface area contributed by atoms with Gasteiger partial charge in [0.1, 0.15) is 0 Å². The molecule has 19 heteroatoms. The molecule has 0 radical (unpaired) electrons. The van der Waals surface area contributed by atoms with Crippen molar-refractivity contribution in [3.8, 4) is 0 Å². The van der Waals surface area contributed by atoms with E-state index in [1.807, 2.05) is 0 Å². The molecule has 0 saturated carbocycles. The van der Waals surface area contributed by atoms with Gasteiger partial charge in [-0.3, -0.25) is 0 Å². The van der Waals surface area contributed by atoms with Crippen LogP contribution in [-0.2, 0) is 0 Å². The van der Waals surface area contributed by atoms with E-state index in [1.165, 1.54) is 308 Å². The molecule has 104 heavy (non-hydrogen) atoms. The third kappa shape index (κ3) is 35.5. The largest absolute Gasteiger partial charge is 0.341 e. The van der Waals surface area contributed by atoms with E-state index >= 15 is 0 Å². The van der Waals surface area contributed by atoms with Crippen LogP contribution in [0.4, 0.5) is 53.5 Å². The van der Waals surface area contributed by atoms with E-state index in [0.717, 1.165) is 184 Å². The highest BCUT2D eigenvalue weighted by Crippen LogP contribution is 2.29. The van der Waals surface area contributed by atoms with Crippen molar-refractivity contribution in [2.45, 2.75) is 364 Å². The molecule has 0 spiro atoms. The summed E-state index contributed by atoms with van der Waals surface area (Å²) in [5.41, 5.74) is 0. The van der Waals surface area contributed by atoms with Crippen molar-refractivity contribution < 1.29 is 0 Å². The number of nitrogens with zero attached hydrogens (tertiary/aromatic N) is 18. The lowest BCUT2D eigenvalue weighted by Gasteiger charge is -2.38. The average molecular weight is 1450 g/mol. The lowest BCUT2D eigenvalue weighted by molar-refractivity contribution is 0.561. The predicted octanol–water partition coefficient (Wildman–Crippen LogP) is 20.4. The van der Waals surface area contributed by atoms with Gasteiger partial charge in [-0.2, -0.15) is 44.9 Å². The highest BCUT2D eigenvalue weighted by Gasteiger charge is 2.30. The van der Waals surface area contributed by atoms with Crippen LogP contribution < -0.4 is 49.4 Å². The number of anilines is 9. The van der Waals surface area contributed by atoms with E-state index in [9.17, 15) is 0 Å². The Morgan fingerprint density at radius 3 is 0.529 bits per heavy atom. The molecule has 6 rings (SSSR count). The molecule has 3 aromatic heterocycles. The molecule has 0 amide bonds. The molecule has 6 heterocycles. The predicted molar refractivity (Wildman–Crippen MR) is 449 cm³/mol. The molecule has 19 nitrogen and oxygen atoms in total. The zero-order chi connectivity index (χ0) is 73.5. The van der Waals surface area contributed by atoms with Crippen LogP contribution in [0.25, 0.3) is 0 Å². The van der Waals surface area contributed by atoms with Crippen LogP contribution in [0, 0.1) is 0 Å². The Morgan fingerprint density at radius 1 is 0.192 bits per heavy atom. The highest BCUT2D eigenvalue weighted by molar-refractivity contribution is 5.53. The summed E-state index contributed by atoms with van der Waals surface area (Å²) >= 11 is 0. The van der Waals surface area contributed by atoms with Gasteiger partial charge in [0.05, 0.1) is 0 Å². The van der Waals surface area contributed by atoms with Crippen LogP contribution in [0.5, 0.6) is 0 Å². The summed E-state index contributed by atoms with van der Waals surface area (Å²) < 4.78 is 0. The minimum atomic E-state index is 0.764. The van der Waals surface area contributed by atoms with Crippen LogP contribution in [-0.4, -0.2) is 176 Å². The topological polar surface area (TPSA) is 157 Å². The number of rotatable bonds is 65. The van der Waals surface area contributed by atoms with Crippen molar-refractivity contribution in [2.24, 2.45) is 0 Å². The third-order valence-electron chi connectivity index (χ3n) is 22.3. The molecular formula is C85H161N19. The van der Waals surface area contributed by atoms with Crippen LogP contribution in [0.1, 0.15) is 364 Å². The molecule has 3 aliphatic heterocycles. The number of hydrogen-bond donors (Lipinski definition) is 1. The van der Waals surface area contributed by atoms with E-state index in [0.29, 0.717) is 0 Å². The quantitative estimate of drug-likeness (QED) is 0.0532. The Labute approximate surface area is 639 Å². The Balaban J connectivity index is 1.29. The molecule has 596 valence electrons. The number of piperazine rings is 3. The maximum absolute atomic E-state index is 5.57. The van der Waals surface area contributed by atoms with E-state index < -0.39 is 0 Å². The number of unbranched alkanes of at least 4 members (excludes halogenated alkanes) is 40. The molecular weight excluding hydrogens is 1290 g/mol. The van der Waals surface area contributed by atoms with Crippen LogP contribution in [0.2, 0.25) is 0 Å². The summed E-state index contributed by atoms with van der Waals surface area (Å²) in [7, 11) is 0. The lowest BCUT2D eigenvalue weighted by atomic mass is 10.1. The smallest absolute Gasteiger partial charge is 0.232 e. The van der Waals surface area contributed by atoms with Gasteiger partial charge in [-0.25, -0.2) is 0 Å². The van der Waals surface area contributed by atoms with Gasteiger partial charge >= 0.3 is 0 Å². The molecule has 3 aromatic rings.